The van der Waals surface area contributed by atoms with Crippen molar-refractivity contribution in [2.45, 2.75) is 13.3 Å². The van der Waals surface area contributed by atoms with E-state index >= 15 is 0 Å². The van der Waals surface area contributed by atoms with E-state index < -0.39 is 6.43 Å². The van der Waals surface area contributed by atoms with Gasteiger partial charge in [0.2, 0.25) is 0 Å². The first-order valence-corrected chi connectivity index (χ1v) is 3.94. The molecular weight excluding hydrogens is 184 g/mol. The molecule has 0 amide bonds. The van der Waals surface area contributed by atoms with Crippen LogP contribution in [0.25, 0.3) is 0 Å². The van der Waals surface area contributed by atoms with Gasteiger partial charge in [0.05, 0.1) is 9.88 Å². The van der Waals surface area contributed by atoms with E-state index in [1.54, 1.807) is 6.92 Å². The third-order valence-corrected chi connectivity index (χ3v) is 2.23. The third-order valence-electron chi connectivity index (χ3n) is 1.21. The average molecular weight is 191 g/mol. The fourth-order valence-electron chi connectivity index (χ4n) is 0.784. The van der Waals surface area contributed by atoms with Crippen LogP contribution in [0, 0.1) is 12.3 Å². The lowest BCUT2D eigenvalue weighted by Gasteiger charge is -1.96. The molecule has 0 aromatic carbocycles. The number of nitrogens with two attached hydrogens (primary N) is 1. The van der Waals surface area contributed by atoms with Crippen molar-refractivity contribution < 1.29 is 8.78 Å². The standard InChI is InChI=1S/C6H7F2N3S/c1-2-11-3(5(7)8)4(12-2)6(9)10/h5H,1H3,(H3,9,10). The Morgan fingerprint density at radius 3 is 2.58 bits per heavy atom. The second-order valence-electron chi connectivity index (χ2n) is 2.16. The van der Waals surface area contributed by atoms with Gasteiger partial charge in [-0.3, -0.25) is 5.41 Å². The van der Waals surface area contributed by atoms with Gasteiger partial charge in [-0.2, -0.15) is 0 Å². The maximum absolute atomic E-state index is 12.2. The highest BCUT2D eigenvalue weighted by molar-refractivity contribution is 7.13. The lowest BCUT2D eigenvalue weighted by atomic mass is 10.3. The predicted octanol–water partition coefficient (Wildman–Crippen LogP) is 1.67. The van der Waals surface area contributed by atoms with Crippen LogP contribution in [-0.4, -0.2) is 10.8 Å². The Balaban J connectivity index is 3.17. The molecule has 12 heavy (non-hydrogen) atoms. The molecule has 3 nitrogen and oxygen atoms in total. The number of thiazole rings is 1. The maximum Gasteiger partial charge on any atom is 0.281 e. The van der Waals surface area contributed by atoms with Crippen LogP contribution >= 0.6 is 11.3 Å². The van der Waals surface area contributed by atoms with Gasteiger partial charge >= 0.3 is 0 Å². The molecule has 0 aliphatic rings. The molecule has 1 aromatic rings. The molecule has 1 aromatic heterocycles. The predicted molar refractivity (Wildman–Crippen MR) is 42.8 cm³/mol. The summed E-state index contributed by atoms with van der Waals surface area (Å²) in [5.74, 6) is -0.351. The van der Waals surface area contributed by atoms with Gasteiger partial charge in [-0.1, -0.05) is 0 Å². The zero-order valence-electron chi connectivity index (χ0n) is 6.27. The first kappa shape index (κ1) is 9.05. The summed E-state index contributed by atoms with van der Waals surface area (Å²) in [5.41, 5.74) is 4.70. The summed E-state index contributed by atoms with van der Waals surface area (Å²) in [4.78, 5) is 3.65. The third kappa shape index (κ3) is 1.58. The van der Waals surface area contributed by atoms with Gasteiger partial charge in [0, 0.05) is 0 Å². The Morgan fingerprint density at radius 1 is 1.67 bits per heavy atom. The highest BCUT2D eigenvalue weighted by atomic mass is 32.1. The van der Waals surface area contributed by atoms with Crippen LogP contribution in [0.1, 0.15) is 22.0 Å². The molecule has 0 saturated heterocycles. The van der Waals surface area contributed by atoms with Gasteiger partial charge in [0.15, 0.2) is 0 Å². The van der Waals surface area contributed by atoms with Crippen LogP contribution in [0.2, 0.25) is 0 Å². The van der Waals surface area contributed by atoms with Crippen molar-refractivity contribution >= 4 is 17.2 Å². The topological polar surface area (TPSA) is 62.8 Å². The minimum absolute atomic E-state index is 0.0718. The molecular formula is C6H7F2N3S. The molecule has 0 spiro atoms. The molecule has 1 rings (SSSR count). The number of nitrogen functional groups attached to an aromatic ring is 1. The number of hydrogen-bond acceptors (Lipinski definition) is 3. The number of hydrogen-bond donors (Lipinski definition) is 2. The fraction of sp³-hybridized carbons (Fsp3) is 0.333. The molecule has 0 aliphatic carbocycles. The van der Waals surface area contributed by atoms with Crippen molar-refractivity contribution in [1.82, 2.24) is 4.98 Å². The zero-order chi connectivity index (χ0) is 9.30. The molecule has 6 heteroatoms. The van der Waals surface area contributed by atoms with Crippen LogP contribution in [0.3, 0.4) is 0 Å². The van der Waals surface area contributed by atoms with E-state index in [4.69, 9.17) is 11.1 Å². The van der Waals surface area contributed by atoms with Gasteiger partial charge in [-0.15, -0.1) is 11.3 Å². The number of rotatable bonds is 2. The van der Waals surface area contributed by atoms with Gasteiger partial charge in [-0.05, 0) is 6.92 Å². The number of nitrogens with one attached hydrogen (secondary N) is 1. The Kier molecular flexibility index (Phi) is 2.37. The summed E-state index contributed by atoms with van der Waals surface area (Å²) in [6, 6.07) is 0. The highest BCUT2D eigenvalue weighted by Crippen LogP contribution is 2.26. The molecule has 0 atom stereocenters. The number of alkyl halides is 2. The molecule has 0 radical (unpaired) electrons. The molecule has 66 valence electrons. The summed E-state index contributed by atoms with van der Waals surface area (Å²) >= 11 is 1.01. The Labute approximate surface area is 71.7 Å². The highest BCUT2D eigenvalue weighted by Gasteiger charge is 2.19. The van der Waals surface area contributed by atoms with Crippen LogP contribution in [-0.2, 0) is 0 Å². The number of aryl methyl sites for hydroxylation is 1. The van der Waals surface area contributed by atoms with E-state index in [0.717, 1.165) is 11.3 Å². The lowest BCUT2D eigenvalue weighted by molar-refractivity contribution is 0.146. The van der Waals surface area contributed by atoms with Crippen molar-refractivity contribution in [3.8, 4) is 0 Å². The molecule has 0 bridgehead atoms. The molecule has 3 N–H and O–H groups in total. The van der Waals surface area contributed by atoms with Crippen molar-refractivity contribution in [3.05, 3.63) is 15.6 Å². The van der Waals surface area contributed by atoms with Crippen molar-refractivity contribution in [2.24, 2.45) is 5.73 Å². The Bertz CT molecular complexity index is 308. The van der Waals surface area contributed by atoms with E-state index in [0.29, 0.717) is 5.01 Å². The van der Waals surface area contributed by atoms with E-state index in [9.17, 15) is 8.78 Å². The Morgan fingerprint density at radius 2 is 2.25 bits per heavy atom. The van der Waals surface area contributed by atoms with E-state index in [2.05, 4.69) is 4.98 Å². The zero-order valence-corrected chi connectivity index (χ0v) is 7.08. The summed E-state index contributed by atoms with van der Waals surface area (Å²) in [6.07, 6.45) is -2.66. The van der Waals surface area contributed by atoms with Gasteiger partial charge in [0.25, 0.3) is 6.43 Å². The summed E-state index contributed by atoms with van der Waals surface area (Å²) in [7, 11) is 0. The van der Waals surface area contributed by atoms with E-state index in [-0.39, 0.29) is 16.4 Å². The number of aromatic nitrogens is 1. The van der Waals surface area contributed by atoms with Crippen molar-refractivity contribution in [2.75, 3.05) is 0 Å². The average Bonchev–Trinajstić information content (AvgIpc) is 2.31. The van der Waals surface area contributed by atoms with Gasteiger partial charge < -0.3 is 5.73 Å². The molecule has 0 unspecified atom stereocenters. The molecule has 1 heterocycles. The second kappa shape index (κ2) is 3.14. The first-order valence-electron chi connectivity index (χ1n) is 3.12. The monoisotopic (exact) mass is 191 g/mol. The fourth-order valence-corrected chi connectivity index (χ4v) is 1.57. The van der Waals surface area contributed by atoms with E-state index in [1.165, 1.54) is 0 Å². The van der Waals surface area contributed by atoms with Crippen molar-refractivity contribution in [3.63, 3.8) is 0 Å². The molecule has 0 fully saturated rings. The van der Waals surface area contributed by atoms with Crippen LogP contribution in [0.5, 0.6) is 0 Å². The maximum atomic E-state index is 12.2. The van der Waals surface area contributed by atoms with Crippen LogP contribution in [0.4, 0.5) is 8.78 Å². The van der Waals surface area contributed by atoms with Crippen LogP contribution in [0.15, 0.2) is 0 Å². The van der Waals surface area contributed by atoms with Gasteiger partial charge in [-0.25, -0.2) is 13.8 Å². The summed E-state index contributed by atoms with van der Waals surface area (Å²) in [5, 5.41) is 7.49. The Hall–Kier alpha value is -1.04. The number of nitrogens with zero attached hydrogens (tertiary/aromatic N) is 1. The van der Waals surface area contributed by atoms with E-state index in [1.807, 2.05) is 0 Å². The number of amidine groups is 1. The minimum atomic E-state index is -2.66. The summed E-state index contributed by atoms with van der Waals surface area (Å²) < 4.78 is 24.4. The minimum Gasteiger partial charge on any atom is -0.383 e. The first-order chi connectivity index (χ1) is 5.52. The molecule has 0 saturated carbocycles. The van der Waals surface area contributed by atoms with Crippen LogP contribution < -0.4 is 5.73 Å². The normalized spacial score (nSPS) is 10.7. The quantitative estimate of drug-likeness (QED) is 0.551. The second-order valence-corrected chi connectivity index (χ2v) is 3.36. The van der Waals surface area contributed by atoms with Gasteiger partial charge in [0.1, 0.15) is 11.5 Å². The summed E-state index contributed by atoms with van der Waals surface area (Å²) in [6.45, 7) is 1.60. The SMILES string of the molecule is Cc1nc(C(F)F)c(C(=N)N)s1. The lowest BCUT2D eigenvalue weighted by Crippen LogP contribution is -2.11. The van der Waals surface area contributed by atoms with Crippen molar-refractivity contribution in [1.29, 1.82) is 5.41 Å². The molecule has 0 aliphatic heterocycles. The number of halogens is 2. The smallest absolute Gasteiger partial charge is 0.281 e. The largest absolute Gasteiger partial charge is 0.383 e.